The zero-order valence-electron chi connectivity index (χ0n) is 22.1. The van der Waals surface area contributed by atoms with E-state index in [9.17, 15) is 14.0 Å². The van der Waals surface area contributed by atoms with Crippen molar-refractivity contribution in [3.63, 3.8) is 0 Å². The average molecular weight is 505 g/mol. The van der Waals surface area contributed by atoms with Gasteiger partial charge in [-0.25, -0.2) is 4.39 Å². The molecule has 37 heavy (non-hydrogen) atoms. The van der Waals surface area contributed by atoms with Crippen LogP contribution in [-0.2, 0) is 22.6 Å². The van der Waals surface area contributed by atoms with Gasteiger partial charge in [-0.15, -0.1) is 0 Å². The molecule has 0 spiro atoms. The first-order chi connectivity index (χ1) is 17.8. The molecule has 0 radical (unpaired) electrons. The predicted octanol–water partition coefficient (Wildman–Crippen LogP) is 5.88. The van der Waals surface area contributed by atoms with Crippen LogP contribution in [0, 0.1) is 5.82 Å². The van der Waals surface area contributed by atoms with Gasteiger partial charge in [-0.3, -0.25) is 9.59 Å². The quantitative estimate of drug-likeness (QED) is 0.335. The molecule has 0 aromatic heterocycles. The fraction of sp³-hybridized carbons (Fsp3) is 0.355. The van der Waals surface area contributed by atoms with Gasteiger partial charge in [0.2, 0.25) is 5.91 Å². The van der Waals surface area contributed by atoms with Crippen molar-refractivity contribution in [3.8, 4) is 5.75 Å². The second kappa shape index (κ2) is 13.6. The monoisotopic (exact) mass is 504 g/mol. The van der Waals surface area contributed by atoms with Crippen LogP contribution in [0.1, 0.15) is 56.7 Å². The van der Waals surface area contributed by atoms with Gasteiger partial charge in [-0.1, -0.05) is 81.4 Å². The second-order valence-electron chi connectivity index (χ2n) is 9.65. The van der Waals surface area contributed by atoms with E-state index in [1.165, 1.54) is 16.5 Å². The Morgan fingerprint density at radius 1 is 0.919 bits per heavy atom. The molecule has 2 unspecified atom stereocenters. The van der Waals surface area contributed by atoms with Crippen LogP contribution in [-0.4, -0.2) is 35.4 Å². The SMILES string of the molecule is CCC(C)NC(=O)C(Cc1ccccc1)N(Cc1ccccc1F)C(=O)COc1ccc(C(C)C)cc1. The summed E-state index contributed by atoms with van der Waals surface area (Å²) >= 11 is 0. The third kappa shape index (κ3) is 8.17. The van der Waals surface area contributed by atoms with E-state index in [1.54, 1.807) is 18.2 Å². The number of hydrogen-bond acceptors (Lipinski definition) is 3. The van der Waals surface area contributed by atoms with Crippen LogP contribution in [0.2, 0.25) is 0 Å². The van der Waals surface area contributed by atoms with Crippen LogP contribution < -0.4 is 10.1 Å². The molecule has 1 N–H and O–H groups in total. The predicted molar refractivity (Wildman–Crippen MR) is 145 cm³/mol. The van der Waals surface area contributed by atoms with Gasteiger partial charge in [-0.2, -0.15) is 0 Å². The van der Waals surface area contributed by atoms with Gasteiger partial charge in [0.15, 0.2) is 6.61 Å². The molecule has 0 aliphatic rings. The number of nitrogens with zero attached hydrogens (tertiary/aromatic N) is 1. The van der Waals surface area contributed by atoms with Crippen molar-refractivity contribution < 1.29 is 18.7 Å². The number of rotatable bonds is 12. The molecule has 0 fully saturated rings. The third-order valence-electron chi connectivity index (χ3n) is 6.48. The van der Waals surface area contributed by atoms with Crippen LogP contribution in [0.5, 0.6) is 5.75 Å². The summed E-state index contributed by atoms with van der Waals surface area (Å²) in [7, 11) is 0. The van der Waals surface area contributed by atoms with Crippen molar-refractivity contribution in [1.29, 1.82) is 0 Å². The summed E-state index contributed by atoms with van der Waals surface area (Å²) in [6, 6.07) is 22.6. The van der Waals surface area contributed by atoms with Gasteiger partial charge in [0.1, 0.15) is 17.6 Å². The highest BCUT2D eigenvalue weighted by molar-refractivity contribution is 5.88. The van der Waals surface area contributed by atoms with E-state index >= 15 is 0 Å². The van der Waals surface area contributed by atoms with Gasteiger partial charge in [-0.05, 0) is 48.6 Å². The molecule has 0 saturated heterocycles. The first-order valence-electron chi connectivity index (χ1n) is 12.9. The van der Waals surface area contributed by atoms with Gasteiger partial charge < -0.3 is 15.0 Å². The number of benzene rings is 3. The van der Waals surface area contributed by atoms with Crippen molar-refractivity contribution in [3.05, 3.63) is 101 Å². The fourth-order valence-electron chi connectivity index (χ4n) is 3.98. The van der Waals surface area contributed by atoms with E-state index in [4.69, 9.17) is 4.74 Å². The van der Waals surface area contributed by atoms with Crippen molar-refractivity contribution in [2.45, 2.75) is 65.1 Å². The summed E-state index contributed by atoms with van der Waals surface area (Å²) in [6.07, 6.45) is 1.05. The Balaban J connectivity index is 1.90. The third-order valence-corrected chi connectivity index (χ3v) is 6.48. The second-order valence-corrected chi connectivity index (χ2v) is 9.65. The normalized spacial score (nSPS) is 12.6. The van der Waals surface area contributed by atoms with E-state index in [0.29, 0.717) is 23.7 Å². The summed E-state index contributed by atoms with van der Waals surface area (Å²) in [4.78, 5) is 28.5. The summed E-state index contributed by atoms with van der Waals surface area (Å²) in [6.45, 7) is 7.81. The average Bonchev–Trinajstić information content (AvgIpc) is 2.90. The molecule has 3 aromatic rings. The standard InChI is InChI=1S/C31H37FN2O3/c1-5-23(4)33-31(36)29(19-24-11-7-6-8-12-24)34(20-26-13-9-10-14-28(26)32)30(35)21-37-27-17-15-25(16-18-27)22(2)3/h6-18,22-23,29H,5,19-21H2,1-4H3,(H,33,36). The van der Waals surface area contributed by atoms with E-state index < -0.39 is 17.8 Å². The Labute approximate surface area is 219 Å². The van der Waals surface area contributed by atoms with Crippen molar-refractivity contribution in [2.24, 2.45) is 0 Å². The van der Waals surface area contributed by atoms with Crippen LogP contribution >= 0.6 is 0 Å². The Morgan fingerprint density at radius 3 is 2.19 bits per heavy atom. The number of carbonyl (C=O) groups excluding carboxylic acids is 2. The lowest BCUT2D eigenvalue weighted by Gasteiger charge is -2.32. The molecule has 6 heteroatoms. The topological polar surface area (TPSA) is 58.6 Å². The van der Waals surface area contributed by atoms with E-state index in [2.05, 4.69) is 19.2 Å². The molecular weight excluding hydrogens is 467 g/mol. The van der Waals surface area contributed by atoms with Gasteiger partial charge in [0.05, 0.1) is 0 Å². The molecule has 2 amide bonds. The molecular formula is C31H37FN2O3. The molecule has 0 aliphatic heterocycles. The summed E-state index contributed by atoms with van der Waals surface area (Å²) in [5, 5.41) is 3.01. The molecule has 0 bridgehead atoms. The lowest BCUT2D eigenvalue weighted by molar-refractivity contribution is -0.143. The van der Waals surface area contributed by atoms with Crippen LogP contribution in [0.15, 0.2) is 78.9 Å². The molecule has 0 saturated carbocycles. The van der Waals surface area contributed by atoms with Crippen LogP contribution in [0.25, 0.3) is 0 Å². The minimum atomic E-state index is -0.838. The van der Waals surface area contributed by atoms with Crippen LogP contribution in [0.4, 0.5) is 4.39 Å². The first-order valence-corrected chi connectivity index (χ1v) is 12.9. The maximum absolute atomic E-state index is 14.7. The largest absolute Gasteiger partial charge is 0.484 e. The van der Waals surface area contributed by atoms with Gasteiger partial charge in [0, 0.05) is 24.6 Å². The first kappa shape index (κ1) is 27.9. The fourth-order valence-corrected chi connectivity index (χ4v) is 3.98. The molecule has 196 valence electrons. The lowest BCUT2D eigenvalue weighted by Crippen LogP contribution is -2.53. The number of halogens is 1. The molecule has 3 rings (SSSR count). The summed E-state index contributed by atoms with van der Waals surface area (Å²) in [5.41, 5.74) is 2.42. The summed E-state index contributed by atoms with van der Waals surface area (Å²) < 4.78 is 20.5. The number of nitrogens with one attached hydrogen (secondary N) is 1. The van der Waals surface area contributed by atoms with Crippen molar-refractivity contribution in [1.82, 2.24) is 10.2 Å². The zero-order valence-corrected chi connectivity index (χ0v) is 22.1. The lowest BCUT2D eigenvalue weighted by atomic mass is 10.0. The number of ether oxygens (including phenoxy) is 1. The number of carbonyl (C=O) groups is 2. The summed E-state index contributed by atoms with van der Waals surface area (Å²) in [5.74, 6) is -0.145. The van der Waals surface area contributed by atoms with Crippen molar-refractivity contribution >= 4 is 11.8 Å². The van der Waals surface area contributed by atoms with E-state index in [1.807, 2.05) is 68.4 Å². The van der Waals surface area contributed by atoms with E-state index in [0.717, 1.165) is 12.0 Å². The van der Waals surface area contributed by atoms with Crippen LogP contribution in [0.3, 0.4) is 0 Å². The maximum atomic E-state index is 14.7. The minimum absolute atomic E-state index is 0.0490. The van der Waals surface area contributed by atoms with Gasteiger partial charge >= 0.3 is 0 Å². The molecule has 3 aromatic carbocycles. The van der Waals surface area contributed by atoms with Gasteiger partial charge in [0.25, 0.3) is 5.91 Å². The highest BCUT2D eigenvalue weighted by atomic mass is 19.1. The highest BCUT2D eigenvalue weighted by Gasteiger charge is 2.31. The minimum Gasteiger partial charge on any atom is -0.484 e. The van der Waals surface area contributed by atoms with E-state index in [-0.39, 0.29) is 25.1 Å². The Bertz CT molecular complexity index is 1150. The molecule has 0 heterocycles. The smallest absolute Gasteiger partial charge is 0.261 e. The number of amides is 2. The number of hydrogen-bond donors (Lipinski definition) is 1. The Hall–Kier alpha value is -3.67. The molecule has 5 nitrogen and oxygen atoms in total. The highest BCUT2D eigenvalue weighted by Crippen LogP contribution is 2.20. The Morgan fingerprint density at radius 2 is 1.57 bits per heavy atom. The molecule has 2 atom stereocenters. The Kier molecular flexibility index (Phi) is 10.2. The zero-order chi connectivity index (χ0) is 26.8. The van der Waals surface area contributed by atoms with Crippen molar-refractivity contribution in [2.75, 3.05) is 6.61 Å². The molecule has 0 aliphatic carbocycles. The maximum Gasteiger partial charge on any atom is 0.261 e.